The lowest BCUT2D eigenvalue weighted by Crippen LogP contribution is -2.33. The molecule has 0 aliphatic carbocycles. The lowest BCUT2D eigenvalue weighted by molar-refractivity contribution is 0.503. The van der Waals surface area contributed by atoms with E-state index in [2.05, 4.69) is 30.7 Å². The smallest absolute Gasteiger partial charge is 0.149 e. The first-order valence-electron chi connectivity index (χ1n) is 5.18. The highest BCUT2D eigenvalue weighted by Crippen LogP contribution is 2.21. The van der Waals surface area contributed by atoms with Crippen LogP contribution in [0.4, 0.5) is 17.3 Å². The van der Waals surface area contributed by atoms with Crippen LogP contribution in [-0.4, -0.2) is 18.1 Å². The Labute approximate surface area is 91.3 Å². The summed E-state index contributed by atoms with van der Waals surface area (Å²) in [6, 6.07) is 4.10. The van der Waals surface area contributed by atoms with Crippen LogP contribution in [-0.2, 0) is 0 Å². The summed E-state index contributed by atoms with van der Waals surface area (Å²) in [6.45, 7) is 6.53. The molecule has 0 amide bonds. The molecule has 1 aromatic rings. The second kappa shape index (κ2) is 4.38. The van der Waals surface area contributed by atoms with Gasteiger partial charge in [-0.1, -0.05) is 13.8 Å². The number of hydrogen-bond acceptors (Lipinski definition) is 4. The van der Waals surface area contributed by atoms with Crippen LogP contribution in [0.3, 0.4) is 0 Å². The predicted molar refractivity (Wildman–Crippen MR) is 65.8 cm³/mol. The van der Waals surface area contributed by atoms with Crippen molar-refractivity contribution < 1.29 is 0 Å². The standard InChI is InChI=1S/C11H20N4/c1-7(2)8(3)15(4)10-6-5-9(12)11(13)14-10/h5-8H,12H2,1-4H3,(H2,13,14). The van der Waals surface area contributed by atoms with Gasteiger partial charge in [-0.2, -0.15) is 0 Å². The Bertz CT molecular complexity index is 335. The van der Waals surface area contributed by atoms with Crippen molar-refractivity contribution in [3.8, 4) is 0 Å². The molecule has 4 nitrogen and oxygen atoms in total. The quantitative estimate of drug-likeness (QED) is 0.793. The number of nitrogens with two attached hydrogens (primary N) is 2. The number of anilines is 3. The molecule has 0 saturated heterocycles. The zero-order valence-electron chi connectivity index (χ0n) is 9.86. The Morgan fingerprint density at radius 3 is 2.27 bits per heavy atom. The summed E-state index contributed by atoms with van der Waals surface area (Å²) in [4.78, 5) is 6.37. The molecule has 15 heavy (non-hydrogen) atoms. The van der Waals surface area contributed by atoms with Crippen LogP contribution in [0.2, 0.25) is 0 Å². The summed E-state index contributed by atoms with van der Waals surface area (Å²) in [5, 5.41) is 0. The molecule has 0 saturated carbocycles. The van der Waals surface area contributed by atoms with Crippen molar-refractivity contribution in [2.24, 2.45) is 5.92 Å². The Kier molecular flexibility index (Phi) is 3.39. The van der Waals surface area contributed by atoms with Crippen molar-refractivity contribution in [1.29, 1.82) is 0 Å². The molecule has 1 heterocycles. The van der Waals surface area contributed by atoms with E-state index in [0.717, 1.165) is 5.82 Å². The number of aromatic nitrogens is 1. The second-order valence-electron chi connectivity index (χ2n) is 4.24. The highest BCUT2D eigenvalue weighted by atomic mass is 15.2. The van der Waals surface area contributed by atoms with E-state index in [1.165, 1.54) is 0 Å². The maximum atomic E-state index is 5.67. The third-order valence-corrected chi connectivity index (χ3v) is 2.88. The molecule has 0 aliphatic heterocycles. The van der Waals surface area contributed by atoms with E-state index in [4.69, 9.17) is 11.5 Å². The average molecular weight is 208 g/mol. The first kappa shape index (κ1) is 11.6. The molecule has 0 bridgehead atoms. The van der Waals surface area contributed by atoms with Crippen LogP contribution in [0.15, 0.2) is 12.1 Å². The number of nitrogens with zero attached hydrogens (tertiary/aromatic N) is 2. The molecule has 4 N–H and O–H groups in total. The van der Waals surface area contributed by atoms with Gasteiger partial charge in [0.15, 0.2) is 0 Å². The first-order valence-corrected chi connectivity index (χ1v) is 5.18. The molecule has 4 heteroatoms. The molecular formula is C11H20N4. The van der Waals surface area contributed by atoms with Crippen LogP contribution in [0.25, 0.3) is 0 Å². The lowest BCUT2D eigenvalue weighted by atomic mass is 10.1. The fraction of sp³-hybridized carbons (Fsp3) is 0.545. The van der Waals surface area contributed by atoms with E-state index in [0.29, 0.717) is 23.5 Å². The van der Waals surface area contributed by atoms with Crippen molar-refractivity contribution in [3.63, 3.8) is 0 Å². The monoisotopic (exact) mass is 208 g/mol. The molecule has 0 aromatic carbocycles. The molecule has 1 unspecified atom stereocenters. The molecule has 0 fully saturated rings. The molecule has 0 aliphatic rings. The van der Waals surface area contributed by atoms with E-state index in [1.54, 1.807) is 6.07 Å². The van der Waals surface area contributed by atoms with Crippen molar-refractivity contribution in [2.45, 2.75) is 26.8 Å². The van der Waals surface area contributed by atoms with E-state index in [1.807, 2.05) is 13.1 Å². The largest absolute Gasteiger partial charge is 0.396 e. The SMILES string of the molecule is CC(C)C(C)N(C)c1ccc(N)c(N)n1. The van der Waals surface area contributed by atoms with Gasteiger partial charge in [-0.05, 0) is 25.0 Å². The summed E-state index contributed by atoms with van der Waals surface area (Å²) in [5.74, 6) is 1.83. The van der Waals surface area contributed by atoms with E-state index in [9.17, 15) is 0 Å². The lowest BCUT2D eigenvalue weighted by Gasteiger charge is -2.29. The maximum absolute atomic E-state index is 5.67. The summed E-state index contributed by atoms with van der Waals surface area (Å²) in [7, 11) is 2.02. The van der Waals surface area contributed by atoms with Crippen molar-refractivity contribution in [3.05, 3.63) is 12.1 Å². The number of hydrogen-bond donors (Lipinski definition) is 2. The normalized spacial score (nSPS) is 12.9. The molecule has 1 aromatic heterocycles. The van der Waals surface area contributed by atoms with E-state index >= 15 is 0 Å². The first-order chi connectivity index (χ1) is 6.93. The Hall–Kier alpha value is -1.45. The highest BCUT2D eigenvalue weighted by Gasteiger charge is 2.15. The van der Waals surface area contributed by atoms with E-state index in [-0.39, 0.29) is 0 Å². The molecule has 84 valence electrons. The molecule has 0 spiro atoms. The van der Waals surface area contributed by atoms with Gasteiger partial charge in [-0.25, -0.2) is 4.98 Å². The maximum Gasteiger partial charge on any atom is 0.149 e. The highest BCUT2D eigenvalue weighted by molar-refractivity contribution is 5.62. The Morgan fingerprint density at radius 2 is 1.80 bits per heavy atom. The van der Waals surface area contributed by atoms with E-state index < -0.39 is 0 Å². The van der Waals surface area contributed by atoms with Gasteiger partial charge in [0.25, 0.3) is 0 Å². The molecule has 0 radical (unpaired) electrons. The summed E-state index contributed by atoms with van der Waals surface area (Å²) >= 11 is 0. The minimum atomic E-state index is 0.398. The van der Waals surface area contributed by atoms with Gasteiger partial charge >= 0.3 is 0 Å². The fourth-order valence-electron chi connectivity index (χ4n) is 1.33. The van der Waals surface area contributed by atoms with Gasteiger partial charge in [0.1, 0.15) is 11.6 Å². The zero-order valence-corrected chi connectivity index (χ0v) is 9.86. The third kappa shape index (κ3) is 2.52. The van der Waals surface area contributed by atoms with Crippen molar-refractivity contribution in [1.82, 2.24) is 4.98 Å². The third-order valence-electron chi connectivity index (χ3n) is 2.88. The Morgan fingerprint density at radius 1 is 1.20 bits per heavy atom. The second-order valence-corrected chi connectivity index (χ2v) is 4.24. The van der Waals surface area contributed by atoms with Crippen LogP contribution in [0.5, 0.6) is 0 Å². The summed E-state index contributed by atoms with van der Waals surface area (Å²) < 4.78 is 0. The predicted octanol–water partition coefficient (Wildman–Crippen LogP) is 1.73. The molecule has 1 rings (SSSR count). The van der Waals surface area contributed by atoms with Gasteiger partial charge in [-0.15, -0.1) is 0 Å². The van der Waals surface area contributed by atoms with Crippen molar-refractivity contribution in [2.75, 3.05) is 23.4 Å². The van der Waals surface area contributed by atoms with Gasteiger partial charge in [0, 0.05) is 13.1 Å². The minimum Gasteiger partial charge on any atom is -0.396 e. The molecule has 1 atom stereocenters. The van der Waals surface area contributed by atoms with Crippen LogP contribution >= 0.6 is 0 Å². The zero-order chi connectivity index (χ0) is 11.6. The van der Waals surface area contributed by atoms with Crippen LogP contribution in [0.1, 0.15) is 20.8 Å². The number of rotatable bonds is 3. The Balaban J connectivity index is 2.91. The van der Waals surface area contributed by atoms with Gasteiger partial charge in [0.2, 0.25) is 0 Å². The van der Waals surface area contributed by atoms with Crippen molar-refractivity contribution >= 4 is 17.3 Å². The number of pyridine rings is 1. The average Bonchev–Trinajstić information content (AvgIpc) is 2.19. The van der Waals surface area contributed by atoms with Gasteiger partial charge < -0.3 is 16.4 Å². The fourth-order valence-corrected chi connectivity index (χ4v) is 1.33. The topological polar surface area (TPSA) is 68.2 Å². The minimum absolute atomic E-state index is 0.398. The summed E-state index contributed by atoms with van der Waals surface area (Å²) in [6.07, 6.45) is 0. The van der Waals surface area contributed by atoms with Crippen LogP contribution in [0, 0.1) is 5.92 Å². The molecular weight excluding hydrogens is 188 g/mol. The van der Waals surface area contributed by atoms with Crippen LogP contribution < -0.4 is 16.4 Å². The van der Waals surface area contributed by atoms with Gasteiger partial charge in [-0.3, -0.25) is 0 Å². The number of nitrogen functional groups attached to an aromatic ring is 2. The summed E-state index contributed by atoms with van der Waals surface area (Å²) in [5.41, 5.74) is 11.8. The van der Waals surface area contributed by atoms with Gasteiger partial charge in [0.05, 0.1) is 5.69 Å².